The normalized spacial score (nSPS) is 16.1. The minimum atomic E-state index is 0. The molecule has 1 fully saturated rings. The van der Waals surface area contributed by atoms with Gasteiger partial charge in [0.25, 0.3) is 0 Å². The van der Waals surface area contributed by atoms with Gasteiger partial charge in [0.05, 0.1) is 34.0 Å². The Bertz CT molecular complexity index is 595. The fourth-order valence-corrected chi connectivity index (χ4v) is 3.05. The average Bonchev–Trinajstić information content (AvgIpc) is 2.70. The van der Waals surface area contributed by atoms with Crippen LogP contribution >= 0.6 is 24.0 Å². The standard InChI is InChI=1S/C20H34N4O3.HI/c1-5-21-20(22-13-16(2)15-24-8-10-27-11-9-24)23-14-17-6-7-18(25-3)12-19(17)26-4;/h6-7,12,16H,5,8-11,13-15H2,1-4H3,(H2,21,22,23);1H. The van der Waals surface area contributed by atoms with Crippen molar-refractivity contribution >= 4 is 29.9 Å². The van der Waals surface area contributed by atoms with Crippen LogP contribution in [0.2, 0.25) is 0 Å². The van der Waals surface area contributed by atoms with Crippen LogP contribution in [0.4, 0.5) is 0 Å². The van der Waals surface area contributed by atoms with E-state index >= 15 is 0 Å². The second-order valence-corrected chi connectivity index (χ2v) is 6.77. The summed E-state index contributed by atoms with van der Waals surface area (Å²) in [5.74, 6) is 2.92. The van der Waals surface area contributed by atoms with Gasteiger partial charge in [0, 0.05) is 44.4 Å². The molecule has 1 aromatic carbocycles. The maximum Gasteiger partial charge on any atom is 0.191 e. The van der Waals surface area contributed by atoms with Crippen molar-refractivity contribution in [2.45, 2.75) is 20.4 Å². The van der Waals surface area contributed by atoms with Crippen LogP contribution in [-0.2, 0) is 11.3 Å². The Hall–Kier alpha value is -1.26. The number of hydrogen-bond acceptors (Lipinski definition) is 5. The molecule has 2 rings (SSSR count). The van der Waals surface area contributed by atoms with Crippen LogP contribution in [0.5, 0.6) is 11.5 Å². The Morgan fingerprint density at radius 2 is 1.96 bits per heavy atom. The summed E-state index contributed by atoms with van der Waals surface area (Å²) in [4.78, 5) is 7.17. The number of rotatable bonds is 9. The van der Waals surface area contributed by atoms with Gasteiger partial charge >= 0.3 is 0 Å². The summed E-state index contributed by atoms with van der Waals surface area (Å²) in [7, 11) is 3.32. The third-order valence-corrected chi connectivity index (χ3v) is 4.54. The van der Waals surface area contributed by atoms with E-state index in [1.807, 2.05) is 18.2 Å². The molecule has 0 aromatic heterocycles. The fraction of sp³-hybridized carbons (Fsp3) is 0.650. The summed E-state index contributed by atoms with van der Waals surface area (Å²) in [6.07, 6.45) is 0. The Morgan fingerprint density at radius 1 is 1.21 bits per heavy atom. The molecule has 0 bridgehead atoms. The molecule has 1 atom stereocenters. The van der Waals surface area contributed by atoms with Crippen LogP contribution in [0.1, 0.15) is 19.4 Å². The quantitative estimate of drug-likeness (QED) is 0.305. The van der Waals surface area contributed by atoms with Gasteiger partial charge in [0.1, 0.15) is 11.5 Å². The zero-order chi connectivity index (χ0) is 19.5. The number of morpholine rings is 1. The molecule has 0 saturated carbocycles. The molecule has 8 heteroatoms. The molecule has 1 aliphatic rings. The maximum absolute atomic E-state index is 5.46. The predicted octanol–water partition coefficient (Wildman–Crippen LogP) is 2.35. The summed E-state index contributed by atoms with van der Waals surface area (Å²) >= 11 is 0. The topological polar surface area (TPSA) is 67.4 Å². The molecule has 28 heavy (non-hydrogen) atoms. The highest BCUT2D eigenvalue weighted by Gasteiger charge is 2.14. The molecule has 160 valence electrons. The number of guanidine groups is 1. The van der Waals surface area contributed by atoms with Gasteiger partial charge in [0.15, 0.2) is 5.96 Å². The van der Waals surface area contributed by atoms with Crippen molar-refractivity contribution in [3.8, 4) is 11.5 Å². The summed E-state index contributed by atoms with van der Waals surface area (Å²) in [6.45, 7) is 11.4. The summed E-state index contributed by atoms with van der Waals surface area (Å²) < 4.78 is 16.1. The Labute approximate surface area is 186 Å². The second-order valence-electron chi connectivity index (χ2n) is 6.77. The van der Waals surface area contributed by atoms with E-state index in [1.54, 1.807) is 14.2 Å². The van der Waals surface area contributed by atoms with E-state index in [9.17, 15) is 0 Å². The van der Waals surface area contributed by atoms with Gasteiger partial charge in [-0.25, -0.2) is 4.99 Å². The van der Waals surface area contributed by atoms with Gasteiger partial charge in [-0.15, -0.1) is 24.0 Å². The molecule has 7 nitrogen and oxygen atoms in total. The molecule has 1 aromatic rings. The minimum absolute atomic E-state index is 0. The summed E-state index contributed by atoms with van der Waals surface area (Å²) in [5.41, 5.74) is 1.02. The molecular formula is C20H35IN4O3. The molecule has 1 unspecified atom stereocenters. The lowest BCUT2D eigenvalue weighted by Gasteiger charge is -2.29. The molecule has 1 heterocycles. The number of benzene rings is 1. The van der Waals surface area contributed by atoms with Gasteiger partial charge in [-0.2, -0.15) is 0 Å². The van der Waals surface area contributed by atoms with Crippen LogP contribution in [0.25, 0.3) is 0 Å². The highest BCUT2D eigenvalue weighted by atomic mass is 127. The molecular weight excluding hydrogens is 471 g/mol. The van der Waals surface area contributed by atoms with Crippen LogP contribution in [0.3, 0.4) is 0 Å². The van der Waals surface area contributed by atoms with Crippen molar-refractivity contribution in [3.05, 3.63) is 23.8 Å². The number of ether oxygens (including phenoxy) is 3. The summed E-state index contributed by atoms with van der Waals surface area (Å²) in [5, 5.41) is 6.77. The van der Waals surface area contributed by atoms with Gasteiger partial charge in [-0.3, -0.25) is 4.90 Å². The van der Waals surface area contributed by atoms with Crippen molar-refractivity contribution in [3.63, 3.8) is 0 Å². The molecule has 1 saturated heterocycles. The number of methoxy groups -OCH3 is 2. The van der Waals surface area contributed by atoms with Crippen molar-refractivity contribution in [1.82, 2.24) is 15.5 Å². The Morgan fingerprint density at radius 3 is 2.61 bits per heavy atom. The number of nitrogens with zero attached hydrogens (tertiary/aromatic N) is 2. The van der Waals surface area contributed by atoms with Crippen LogP contribution in [0, 0.1) is 5.92 Å². The smallest absolute Gasteiger partial charge is 0.191 e. The molecule has 0 amide bonds. The van der Waals surface area contributed by atoms with Crippen molar-refractivity contribution in [2.24, 2.45) is 10.9 Å². The first kappa shape index (κ1) is 24.8. The maximum atomic E-state index is 5.46. The van der Waals surface area contributed by atoms with E-state index in [2.05, 4.69) is 29.4 Å². The van der Waals surface area contributed by atoms with E-state index in [-0.39, 0.29) is 24.0 Å². The largest absolute Gasteiger partial charge is 0.497 e. The third-order valence-electron chi connectivity index (χ3n) is 4.54. The van der Waals surface area contributed by atoms with Crippen molar-refractivity contribution in [2.75, 3.05) is 60.2 Å². The molecule has 0 radical (unpaired) electrons. The monoisotopic (exact) mass is 506 g/mol. The third kappa shape index (κ3) is 8.40. The van der Waals surface area contributed by atoms with E-state index < -0.39 is 0 Å². The molecule has 0 aliphatic carbocycles. The Balaban J connectivity index is 0.00000392. The average molecular weight is 506 g/mol. The van der Waals surface area contributed by atoms with Crippen LogP contribution in [-0.4, -0.2) is 71.0 Å². The van der Waals surface area contributed by atoms with Gasteiger partial charge < -0.3 is 24.8 Å². The lowest BCUT2D eigenvalue weighted by Crippen LogP contribution is -2.44. The number of nitrogens with one attached hydrogen (secondary N) is 2. The molecule has 2 N–H and O–H groups in total. The first-order chi connectivity index (χ1) is 13.2. The molecule has 1 aliphatic heterocycles. The number of hydrogen-bond donors (Lipinski definition) is 2. The Kier molecular flexibility index (Phi) is 12.2. The van der Waals surface area contributed by atoms with E-state index in [0.29, 0.717) is 12.5 Å². The zero-order valence-electron chi connectivity index (χ0n) is 17.5. The second kappa shape index (κ2) is 13.8. The van der Waals surface area contributed by atoms with Gasteiger partial charge in [-0.1, -0.05) is 6.92 Å². The minimum Gasteiger partial charge on any atom is -0.497 e. The predicted molar refractivity (Wildman–Crippen MR) is 124 cm³/mol. The van der Waals surface area contributed by atoms with E-state index in [0.717, 1.165) is 69.0 Å². The lowest BCUT2D eigenvalue weighted by molar-refractivity contribution is 0.0320. The number of halogens is 1. The van der Waals surface area contributed by atoms with Crippen molar-refractivity contribution < 1.29 is 14.2 Å². The highest BCUT2D eigenvalue weighted by Crippen LogP contribution is 2.25. The van der Waals surface area contributed by atoms with Crippen LogP contribution < -0.4 is 20.1 Å². The summed E-state index contributed by atoms with van der Waals surface area (Å²) in [6, 6.07) is 5.81. The number of aliphatic imine (C=N–C) groups is 1. The molecule has 0 spiro atoms. The lowest BCUT2D eigenvalue weighted by atomic mass is 10.1. The van der Waals surface area contributed by atoms with Crippen molar-refractivity contribution in [1.29, 1.82) is 0 Å². The van der Waals surface area contributed by atoms with E-state index in [4.69, 9.17) is 19.2 Å². The van der Waals surface area contributed by atoms with Gasteiger partial charge in [-0.05, 0) is 25.0 Å². The zero-order valence-corrected chi connectivity index (χ0v) is 19.8. The SMILES string of the molecule is CCNC(=NCc1ccc(OC)cc1OC)NCC(C)CN1CCOCC1.I. The van der Waals surface area contributed by atoms with Gasteiger partial charge in [0.2, 0.25) is 0 Å². The fourth-order valence-electron chi connectivity index (χ4n) is 3.05. The highest BCUT2D eigenvalue weighted by molar-refractivity contribution is 14.0. The first-order valence-electron chi connectivity index (χ1n) is 9.69. The first-order valence-corrected chi connectivity index (χ1v) is 9.69. The van der Waals surface area contributed by atoms with E-state index in [1.165, 1.54) is 0 Å². The van der Waals surface area contributed by atoms with Crippen LogP contribution in [0.15, 0.2) is 23.2 Å².